The van der Waals surface area contributed by atoms with Crippen molar-refractivity contribution in [1.29, 1.82) is 5.26 Å². The van der Waals surface area contributed by atoms with Gasteiger partial charge in [-0.25, -0.2) is 5.10 Å². The molecule has 0 bridgehead atoms. The van der Waals surface area contributed by atoms with Crippen molar-refractivity contribution in [2.75, 3.05) is 7.11 Å². The maximum absolute atomic E-state index is 11.2. The average molecular weight is 255 g/mol. The number of ether oxygens (including phenoxy) is 1. The summed E-state index contributed by atoms with van der Waals surface area (Å²) in [7, 11) is 1.61. The minimum absolute atomic E-state index is 0.261. The maximum Gasteiger partial charge on any atom is 0.265 e. The van der Waals surface area contributed by atoms with Gasteiger partial charge in [-0.3, -0.25) is 4.79 Å². The molecule has 1 heterocycles. The van der Waals surface area contributed by atoms with Gasteiger partial charge in [-0.05, 0) is 37.1 Å². The van der Waals surface area contributed by atoms with Crippen molar-refractivity contribution in [3.8, 4) is 23.1 Å². The van der Waals surface area contributed by atoms with Crippen molar-refractivity contribution in [2.24, 2.45) is 0 Å². The molecule has 0 radical (unpaired) electrons. The Hall–Kier alpha value is -2.61. The molecule has 0 saturated heterocycles. The van der Waals surface area contributed by atoms with Gasteiger partial charge in [0, 0.05) is 11.6 Å². The molecule has 0 aliphatic rings. The van der Waals surface area contributed by atoms with Gasteiger partial charge in [0.25, 0.3) is 5.56 Å². The number of nitriles is 1. The largest absolute Gasteiger partial charge is 0.496 e. The van der Waals surface area contributed by atoms with Crippen LogP contribution >= 0.6 is 0 Å². The number of nitrogens with zero attached hydrogens (tertiary/aromatic N) is 2. The second-order valence-corrected chi connectivity index (χ2v) is 4.17. The summed E-state index contributed by atoms with van der Waals surface area (Å²) in [6.07, 6.45) is 0. The van der Waals surface area contributed by atoms with Crippen LogP contribution in [0.5, 0.6) is 5.75 Å². The van der Waals surface area contributed by atoms with Crippen LogP contribution in [-0.4, -0.2) is 17.3 Å². The second-order valence-electron chi connectivity index (χ2n) is 4.17. The van der Waals surface area contributed by atoms with Crippen LogP contribution in [0.4, 0.5) is 0 Å². The van der Waals surface area contributed by atoms with Crippen LogP contribution < -0.4 is 10.3 Å². The lowest BCUT2D eigenvalue weighted by Gasteiger charge is -2.12. The van der Waals surface area contributed by atoms with Crippen molar-refractivity contribution in [3.63, 3.8) is 0 Å². The van der Waals surface area contributed by atoms with E-state index in [1.807, 2.05) is 32.0 Å². The molecule has 0 saturated carbocycles. The van der Waals surface area contributed by atoms with Crippen molar-refractivity contribution in [3.05, 3.63) is 45.2 Å². The quantitative estimate of drug-likeness (QED) is 0.889. The summed E-state index contributed by atoms with van der Waals surface area (Å²) in [4.78, 5) is 11.2. The van der Waals surface area contributed by atoms with Gasteiger partial charge in [0.05, 0.1) is 12.7 Å². The smallest absolute Gasteiger partial charge is 0.265 e. The Morgan fingerprint density at radius 3 is 2.68 bits per heavy atom. The molecule has 0 fully saturated rings. The number of rotatable bonds is 2. The van der Waals surface area contributed by atoms with Gasteiger partial charge in [0.2, 0.25) is 0 Å². The van der Waals surface area contributed by atoms with Gasteiger partial charge < -0.3 is 4.74 Å². The molecule has 0 spiro atoms. The molecule has 5 nitrogen and oxygen atoms in total. The van der Waals surface area contributed by atoms with E-state index in [1.54, 1.807) is 7.11 Å². The van der Waals surface area contributed by atoms with Crippen molar-refractivity contribution >= 4 is 0 Å². The first-order chi connectivity index (χ1) is 9.08. The third kappa shape index (κ3) is 2.20. The van der Waals surface area contributed by atoms with Crippen LogP contribution in [-0.2, 0) is 0 Å². The minimum atomic E-state index is -0.386. The van der Waals surface area contributed by atoms with E-state index in [0.717, 1.165) is 22.4 Å². The van der Waals surface area contributed by atoms with Gasteiger partial charge in [-0.15, -0.1) is 0 Å². The van der Waals surface area contributed by atoms with Crippen LogP contribution in [0.2, 0.25) is 0 Å². The summed E-state index contributed by atoms with van der Waals surface area (Å²) >= 11 is 0. The van der Waals surface area contributed by atoms with Crippen LogP contribution in [0.3, 0.4) is 0 Å². The molecule has 1 aromatic heterocycles. The predicted octanol–water partition coefficient (Wildman–Crippen LogP) is 1.93. The molecular weight excluding hydrogens is 242 g/mol. The van der Waals surface area contributed by atoms with Crippen LogP contribution in [0.15, 0.2) is 23.0 Å². The molecule has 2 aromatic rings. The highest BCUT2D eigenvalue weighted by Gasteiger charge is 2.13. The lowest BCUT2D eigenvalue weighted by molar-refractivity contribution is 0.411. The van der Waals surface area contributed by atoms with Gasteiger partial charge in [-0.2, -0.15) is 10.4 Å². The highest BCUT2D eigenvalue weighted by Crippen LogP contribution is 2.30. The average Bonchev–Trinajstić information content (AvgIpc) is 2.42. The Balaban J connectivity index is 2.70. The fourth-order valence-corrected chi connectivity index (χ4v) is 1.97. The summed E-state index contributed by atoms with van der Waals surface area (Å²) in [6.45, 7) is 3.87. The minimum Gasteiger partial charge on any atom is -0.496 e. The number of H-pyrrole nitrogens is 1. The zero-order chi connectivity index (χ0) is 14.0. The second kappa shape index (κ2) is 4.94. The Labute approximate surface area is 110 Å². The number of hydrogen-bond acceptors (Lipinski definition) is 4. The van der Waals surface area contributed by atoms with E-state index >= 15 is 0 Å². The summed E-state index contributed by atoms with van der Waals surface area (Å²) in [5, 5.41) is 15.4. The summed E-state index contributed by atoms with van der Waals surface area (Å²) in [5.41, 5.74) is 3.11. The van der Waals surface area contributed by atoms with Crippen LogP contribution in [0.1, 0.15) is 16.7 Å². The van der Waals surface area contributed by atoms with Crippen LogP contribution in [0, 0.1) is 25.2 Å². The van der Waals surface area contributed by atoms with E-state index in [2.05, 4.69) is 10.2 Å². The molecule has 1 aromatic carbocycles. The summed E-state index contributed by atoms with van der Waals surface area (Å²) in [6, 6.07) is 6.91. The van der Waals surface area contributed by atoms with Gasteiger partial charge in [-0.1, -0.05) is 0 Å². The molecule has 2 rings (SSSR count). The fraction of sp³-hybridized carbons (Fsp3) is 0.214. The topological polar surface area (TPSA) is 78.8 Å². The molecule has 0 aliphatic heterocycles. The SMILES string of the molecule is COc1ccc(-c2n[nH]c(=O)cc2C#N)c(C)c1C. The van der Waals surface area contributed by atoms with E-state index in [4.69, 9.17) is 10.00 Å². The summed E-state index contributed by atoms with van der Waals surface area (Å²) < 4.78 is 5.25. The van der Waals surface area contributed by atoms with Crippen molar-refractivity contribution in [2.45, 2.75) is 13.8 Å². The van der Waals surface area contributed by atoms with Gasteiger partial charge in [0.15, 0.2) is 0 Å². The Bertz CT molecular complexity index is 726. The fourth-order valence-electron chi connectivity index (χ4n) is 1.97. The van der Waals surface area contributed by atoms with Crippen molar-refractivity contribution in [1.82, 2.24) is 10.2 Å². The van der Waals surface area contributed by atoms with Gasteiger partial charge in [0.1, 0.15) is 17.5 Å². The lowest BCUT2D eigenvalue weighted by atomic mass is 9.98. The number of benzene rings is 1. The number of nitrogens with one attached hydrogen (secondary N) is 1. The molecule has 0 unspecified atom stereocenters. The number of hydrogen-bond donors (Lipinski definition) is 1. The first kappa shape index (κ1) is 12.8. The monoisotopic (exact) mass is 255 g/mol. The molecule has 1 N–H and O–H groups in total. The van der Waals surface area contributed by atoms with E-state index in [1.165, 1.54) is 6.07 Å². The van der Waals surface area contributed by atoms with E-state index in [9.17, 15) is 4.79 Å². The first-order valence-corrected chi connectivity index (χ1v) is 5.73. The molecule has 19 heavy (non-hydrogen) atoms. The van der Waals surface area contributed by atoms with E-state index in [0.29, 0.717) is 5.69 Å². The zero-order valence-electron chi connectivity index (χ0n) is 10.9. The molecule has 5 heteroatoms. The first-order valence-electron chi connectivity index (χ1n) is 5.73. The molecule has 96 valence electrons. The molecule has 0 aliphatic carbocycles. The van der Waals surface area contributed by atoms with E-state index < -0.39 is 0 Å². The third-order valence-electron chi connectivity index (χ3n) is 3.14. The Morgan fingerprint density at radius 1 is 1.32 bits per heavy atom. The standard InChI is InChI=1S/C14H13N3O2/c1-8-9(2)12(19-3)5-4-11(8)14-10(7-15)6-13(18)16-17-14/h4-6H,1-3H3,(H,16,18). The van der Waals surface area contributed by atoms with Crippen molar-refractivity contribution < 1.29 is 4.74 Å². The predicted molar refractivity (Wildman–Crippen MR) is 71.0 cm³/mol. The lowest BCUT2D eigenvalue weighted by Crippen LogP contribution is -2.09. The number of aromatic amines is 1. The molecule has 0 atom stereocenters. The Morgan fingerprint density at radius 2 is 2.05 bits per heavy atom. The number of aromatic nitrogens is 2. The normalized spacial score (nSPS) is 10.0. The maximum atomic E-state index is 11.2. The molecule has 0 amide bonds. The highest BCUT2D eigenvalue weighted by atomic mass is 16.5. The highest BCUT2D eigenvalue weighted by molar-refractivity contribution is 5.71. The number of methoxy groups -OCH3 is 1. The third-order valence-corrected chi connectivity index (χ3v) is 3.14. The van der Waals surface area contributed by atoms with E-state index in [-0.39, 0.29) is 11.1 Å². The van der Waals surface area contributed by atoms with Gasteiger partial charge >= 0.3 is 0 Å². The zero-order valence-corrected chi connectivity index (χ0v) is 10.9. The molecular formula is C14H13N3O2. The summed E-state index contributed by atoms with van der Waals surface area (Å²) in [5.74, 6) is 0.782. The van der Waals surface area contributed by atoms with Crippen LogP contribution in [0.25, 0.3) is 11.3 Å². The Kier molecular flexibility index (Phi) is 3.34.